The molecule has 0 saturated heterocycles. The Morgan fingerprint density at radius 2 is 1.64 bits per heavy atom. The first kappa shape index (κ1) is 21.2. The molecular weight excluding hydrogens is 463 g/mol. The van der Waals surface area contributed by atoms with Crippen LogP contribution in [0.4, 0.5) is 5.69 Å². The number of nitrogens with zero attached hydrogens (tertiary/aromatic N) is 2. The van der Waals surface area contributed by atoms with Crippen molar-refractivity contribution in [2.24, 2.45) is 0 Å². The third kappa shape index (κ3) is 3.57. The number of halogens is 2. The van der Waals surface area contributed by atoms with Crippen LogP contribution in [0.1, 0.15) is 32.0 Å². The van der Waals surface area contributed by atoms with Gasteiger partial charge in [0.15, 0.2) is 5.69 Å². The highest BCUT2D eigenvalue weighted by Crippen LogP contribution is 2.39. The van der Waals surface area contributed by atoms with Crippen LogP contribution in [0.15, 0.2) is 66.7 Å². The van der Waals surface area contributed by atoms with Crippen LogP contribution in [-0.2, 0) is 17.8 Å². The van der Waals surface area contributed by atoms with Crippen molar-refractivity contribution in [3.8, 4) is 0 Å². The van der Waals surface area contributed by atoms with E-state index in [1.54, 1.807) is 41.0 Å². The second kappa shape index (κ2) is 8.06. The number of rotatable bonds is 4. The predicted molar refractivity (Wildman–Crippen MR) is 126 cm³/mol. The van der Waals surface area contributed by atoms with Gasteiger partial charge in [-0.3, -0.25) is 9.59 Å². The first-order chi connectivity index (χ1) is 15.8. The molecule has 0 aliphatic carbocycles. The number of carbonyl (C=O) groups excluding carboxylic acids is 2. The largest absolute Gasteiger partial charge is 0.477 e. The van der Waals surface area contributed by atoms with E-state index in [9.17, 15) is 19.5 Å². The van der Waals surface area contributed by atoms with Gasteiger partial charge in [-0.25, -0.2) is 9.69 Å². The van der Waals surface area contributed by atoms with Crippen LogP contribution in [0.5, 0.6) is 0 Å². The number of hydrogen-bond acceptors (Lipinski definition) is 3. The van der Waals surface area contributed by atoms with E-state index in [2.05, 4.69) is 0 Å². The van der Waals surface area contributed by atoms with Gasteiger partial charge >= 0.3 is 5.97 Å². The zero-order chi connectivity index (χ0) is 23.3. The van der Waals surface area contributed by atoms with E-state index < -0.39 is 17.8 Å². The lowest BCUT2D eigenvalue weighted by molar-refractivity contribution is -0.117. The monoisotopic (exact) mass is 478 g/mol. The first-order valence-corrected chi connectivity index (χ1v) is 10.9. The average molecular weight is 479 g/mol. The summed E-state index contributed by atoms with van der Waals surface area (Å²) in [5.74, 6) is -2.38. The van der Waals surface area contributed by atoms with Crippen molar-refractivity contribution >= 4 is 57.6 Å². The van der Waals surface area contributed by atoms with Crippen LogP contribution in [0.25, 0.3) is 10.9 Å². The number of anilines is 1. The Morgan fingerprint density at radius 3 is 2.36 bits per heavy atom. The van der Waals surface area contributed by atoms with Crippen LogP contribution in [-0.4, -0.2) is 27.5 Å². The molecule has 2 heterocycles. The number of imide groups is 1. The Balaban J connectivity index is 1.77. The summed E-state index contributed by atoms with van der Waals surface area (Å²) >= 11 is 12.3. The minimum absolute atomic E-state index is 0.0199. The molecule has 5 rings (SSSR count). The molecule has 1 N–H and O–H groups in total. The Kier molecular flexibility index (Phi) is 5.19. The highest BCUT2D eigenvalue weighted by atomic mass is 35.5. The summed E-state index contributed by atoms with van der Waals surface area (Å²) in [5.41, 5.74) is 2.10. The van der Waals surface area contributed by atoms with Gasteiger partial charge in [0.2, 0.25) is 5.91 Å². The molecule has 33 heavy (non-hydrogen) atoms. The molecule has 1 aromatic heterocycles. The maximum Gasteiger partial charge on any atom is 0.354 e. The fourth-order valence-corrected chi connectivity index (χ4v) is 4.67. The van der Waals surface area contributed by atoms with Crippen molar-refractivity contribution < 1.29 is 19.5 Å². The number of fused-ring (bicyclic) bond motifs is 2. The summed E-state index contributed by atoms with van der Waals surface area (Å²) in [4.78, 5) is 40.1. The summed E-state index contributed by atoms with van der Waals surface area (Å²) in [7, 11) is 0. The third-order valence-electron chi connectivity index (χ3n) is 5.70. The number of carboxylic acid groups (broad SMARTS) is 1. The van der Waals surface area contributed by atoms with E-state index in [0.29, 0.717) is 32.1 Å². The molecule has 6 nitrogen and oxygen atoms in total. The molecule has 0 radical (unpaired) electrons. The highest BCUT2D eigenvalue weighted by molar-refractivity contribution is 6.34. The number of aromatic nitrogens is 1. The number of benzene rings is 3. The Labute approximate surface area is 198 Å². The van der Waals surface area contributed by atoms with Gasteiger partial charge in [-0.05, 0) is 47.5 Å². The molecule has 4 aromatic rings. The van der Waals surface area contributed by atoms with E-state index in [1.807, 2.05) is 30.3 Å². The maximum atomic E-state index is 13.4. The second-order valence-electron chi connectivity index (χ2n) is 7.75. The normalized spacial score (nSPS) is 13.5. The standard InChI is InChI=1S/C25H16Cl2N2O4/c26-16-6-8-18-15(10-16)11-21(30)29(24(18)31)22-19-12-17(27)7-9-20(19)28(23(22)25(32)33)13-14-4-2-1-3-5-14/h1-10,12H,11,13H2,(H,32,33). The number of carboxylic acids is 1. The molecule has 0 bridgehead atoms. The zero-order valence-electron chi connectivity index (χ0n) is 17.1. The van der Waals surface area contributed by atoms with Gasteiger partial charge in [0, 0.05) is 27.5 Å². The van der Waals surface area contributed by atoms with Crippen molar-refractivity contribution in [2.75, 3.05) is 4.90 Å². The van der Waals surface area contributed by atoms with E-state index >= 15 is 0 Å². The van der Waals surface area contributed by atoms with Gasteiger partial charge in [0.1, 0.15) is 0 Å². The first-order valence-electron chi connectivity index (χ1n) is 10.1. The van der Waals surface area contributed by atoms with Gasteiger partial charge in [-0.15, -0.1) is 0 Å². The van der Waals surface area contributed by atoms with Crippen LogP contribution in [0, 0.1) is 0 Å². The number of amides is 2. The summed E-state index contributed by atoms with van der Waals surface area (Å²) in [5, 5.41) is 11.4. The Hall–Kier alpha value is -3.61. The predicted octanol–water partition coefficient (Wildman–Crippen LogP) is 5.42. The van der Waals surface area contributed by atoms with Crippen molar-refractivity contribution in [1.82, 2.24) is 4.57 Å². The molecular formula is C25H16Cl2N2O4. The maximum absolute atomic E-state index is 13.4. The van der Waals surface area contributed by atoms with E-state index in [1.165, 1.54) is 0 Å². The van der Waals surface area contributed by atoms with E-state index in [0.717, 1.165) is 10.5 Å². The Bertz CT molecular complexity index is 1460. The minimum Gasteiger partial charge on any atom is -0.477 e. The van der Waals surface area contributed by atoms with Crippen molar-refractivity contribution in [3.05, 3.63) is 99.2 Å². The average Bonchev–Trinajstić information content (AvgIpc) is 3.07. The molecule has 1 aliphatic rings. The molecule has 8 heteroatoms. The quantitative estimate of drug-likeness (QED) is 0.397. The molecule has 164 valence electrons. The SMILES string of the molecule is O=C(O)c1c(N2C(=O)Cc3cc(Cl)ccc3C2=O)c2cc(Cl)ccc2n1Cc1ccccc1. The summed E-state index contributed by atoms with van der Waals surface area (Å²) in [6.45, 7) is 0.239. The van der Waals surface area contributed by atoms with Gasteiger partial charge < -0.3 is 9.67 Å². The second-order valence-corrected chi connectivity index (χ2v) is 8.62. The van der Waals surface area contributed by atoms with Crippen LogP contribution >= 0.6 is 23.2 Å². The fourth-order valence-electron chi connectivity index (χ4n) is 4.30. The lowest BCUT2D eigenvalue weighted by atomic mass is 9.97. The zero-order valence-corrected chi connectivity index (χ0v) is 18.6. The molecule has 0 unspecified atom stereocenters. The number of carbonyl (C=O) groups is 3. The molecule has 0 saturated carbocycles. The third-order valence-corrected chi connectivity index (χ3v) is 6.17. The molecule has 0 atom stereocenters. The van der Waals surface area contributed by atoms with Crippen LogP contribution < -0.4 is 4.90 Å². The lowest BCUT2D eigenvalue weighted by Gasteiger charge is -2.27. The number of aromatic carboxylic acids is 1. The molecule has 0 spiro atoms. The van der Waals surface area contributed by atoms with Crippen LogP contribution in [0.3, 0.4) is 0 Å². The van der Waals surface area contributed by atoms with Crippen molar-refractivity contribution in [1.29, 1.82) is 0 Å². The molecule has 1 aliphatic heterocycles. The lowest BCUT2D eigenvalue weighted by Crippen LogP contribution is -2.43. The molecule has 3 aromatic carbocycles. The highest BCUT2D eigenvalue weighted by Gasteiger charge is 2.38. The molecule has 0 fully saturated rings. The summed E-state index contributed by atoms with van der Waals surface area (Å²) in [6, 6.07) is 19.0. The van der Waals surface area contributed by atoms with Gasteiger partial charge in [-0.2, -0.15) is 0 Å². The summed E-state index contributed by atoms with van der Waals surface area (Å²) in [6.07, 6.45) is -0.0768. The molecule has 2 amide bonds. The topological polar surface area (TPSA) is 79.6 Å². The van der Waals surface area contributed by atoms with Gasteiger partial charge in [0.05, 0.1) is 17.6 Å². The Morgan fingerprint density at radius 1 is 0.939 bits per heavy atom. The smallest absolute Gasteiger partial charge is 0.354 e. The number of hydrogen-bond donors (Lipinski definition) is 1. The van der Waals surface area contributed by atoms with Gasteiger partial charge in [-0.1, -0.05) is 53.5 Å². The van der Waals surface area contributed by atoms with Crippen molar-refractivity contribution in [3.63, 3.8) is 0 Å². The van der Waals surface area contributed by atoms with Crippen LogP contribution in [0.2, 0.25) is 10.0 Å². The van der Waals surface area contributed by atoms with Gasteiger partial charge in [0.25, 0.3) is 5.91 Å². The fraction of sp³-hybridized carbons (Fsp3) is 0.0800. The van der Waals surface area contributed by atoms with E-state index in [-0.39, 0.29) is 24.3 Å². The van der Waals surface area contributed by atoms with E-state index in [4.69, 9.17) is 23.2 Å². The summed E-state index contributed by atoms with van der Waals surface area (Å²) < 4.78 is 1.59. The van der Waals surface area contributed by atoms with Crippen molar-refractivity contribution in [2.45, 2.75) is 13.0 Å². The minimum atomic E-state index is -1.25.